The van der Waals surface area contributed by atoms with Gasteiger partial charge >= 0.3 is 0 Å². The van der Waals surface area contributed by atoms with Crippen LogP contribution < -0.4 is 4.74 Å². The molecule has 0 aromatic heterocycles. The van der Waals surface area contributed by atoms with Crippen LogP contribution >= 0.6 is 0 Å². The Morgan fingerprint density at radius 1 is 0.811 bits per heavy atom. The molecule has 0 spiro atoms. The number of phenolic OH excluding ortho intramolecular Hbond substituents is 2. The minimum Gasteiger partial charge on any atom is -0.508 e. The van der Waals surface area contributed by atoms with E-state index in [9.17, 15) is 10.2 Å². The lowest BCUT2D eigenvalue weighted by Gasteiger charge is -2.29. The van der Waals surface area contributed by atoms with Crippen LogP contribution in [0.1, 0.15) is 36.4 Å². The second kappa shape index (κ2) is 11.2. The van der Waals surface area contributed by atoms with Crippen molar-refractivity contribution in [1.29, 1.82) is 0 Å². The Kier molecular flexibility index (Phi) is 7.63. The minimum absolute atomic E-state index is 0.0283. The molecule has 1 aliphatic heterocycles. The molecule has 5 nitrogen and oxygen atoms in total. The maximum absolute atomic E-state index is 10.1. The number of fused-ring (bicyclic) bond motifs is 1. The molecule has 0 radical (unpaired) electrons. The molecule has 4 aromatic rings. The summed E-state index contributed by atoms with van der Waals surface area (Å²) in [6.07, 6.45) is 3.93. The lowest BCUT2D eigenvalue weighted by molar-refractivity contribution is 0.183. The molecule has 1 heterocycles. The number of piperidine rings is 1. The Labute approximate surface area is 219 Å². The summed E-state index contributed by atoms with van der Waals surface area (Å²) in [7, 11) is 4.18. The largest absolute Gasteiger partial charge is 0.508 e. The van der Waals surface area contributed by atoms with E-state index in [1.807, 2.05) is 30.3 Å². The van der Waals surface area contributed by atoms with Crippen LogP contribution in [-0.2, 0) is 0 Å². The lowest BCUT2D eigenvalue weighted by atomic mass is 9.86. The summed E-state index contributed by atoms with van der Waals surface area (Å²) in [5.74, 6) is 1.39. The molecule has 1 aliphatic rings. The number of ether oxygens (including phenoxy) is 1. The SMILES string of the molecule is CN(C)C(c1ccc(OCCN2CCCCC2)cc1)c1c(-c2ccc(O)cc2)ccc2cc(O)ccc12. The van der Waals surface area contributed by atoms with Crippen LogP contribution in [0.15, 0.2) is 78.9 Å². The standard InChI is InChI=1S/C32H36N2O3/c1-33(2)32(24-8-14-28(15-9-24)37-21-20-34-18-4-3-5-19-34)31-29(23-6-11-26(35)12-7-23)16-10-25-22-27(36)13-17-30(25)31/h6-17,22,32,35-36H,3-5,18-21H2,1-2H3. The molecule has 1 unspecified atom stereocenters. The van der Waals surface area contributed by atoms with E-state index in [-0.39, 0.29) is 17.5 Å². The number of nitrogens with zero attached hydrogens (tertiary/aromatic N) is 2. The number of benzene rings is 4. The van der Waals surface area contributed by atoms with E-state index in [0.717, 1.165) is 45.3 Å². The van der Waals surface area contributed by atoms with Crippen molar-refractivity contribution < 1.29 is 14.9 Å². The zero-order valence-electron chi connectivity index (χ0n) is 21.7. The van der Waals surface area contributed by atoms with Gasteiger partial charge in [0.2, 0.25) is 0 Å². The van der Waals surface area contributed by atoms with Crippen LogP contribution in [0.4, 0.5) is 0 Å². The van der Waals surface area contributed by atoms with Crippen molar-refractivity contribution in [2.75, 3.05) is 40.3 Å². The van der Waals surface area contributed by atoms with Gasteiger partial charge in [-0.25, -0.2) is 0 Å². The van der Waals surface area contributed by atoms with Crippen molar-refractivity contribution in [2.45, 2.75) is 25.3 Å². The third kappa shape index (κ3) is 5.74. The highest BCUT2D eigenvalue weighted by molar-refractivity contribution is 5.93. The summed E-state index contributed by atoms with van der Waals surface area (Å²) in [4.78, 5) is 4.71. The van der Waals surface area contributed by atoms with E-state index in [1.165, 1.54) is 32.4 Å². The van der Waals surface area contributed by atoms with Crippen molar-refractivity contribution in [3.05, 3.63) is 90.0 Å². The van der Waals surface area contributed by atoms with Gasteiger partial charge in [0.25, 0.3) is 0 Å². The Morgan fingerprint density at radius 2 is 1.51 bits per heavy atom. The summed E-state index contributed by atoms with van der Waals surface area (Å²) in [6.45, 7) is 4.03. The van der Waals surface area contributed by atoms with Crippen molar-refractivity contribution in [3.8, 4) is 28.4 Å². The van der Waals surface area contributed by atoms with Gasteiger partial charge in [-0.05, 0) is 109 Å². The van der Waals surface area contributed by atoms with E-state index < -0.39 is 0 Å². The molecule has 0 amide bonds. The lowest BCUT2D eigenvalue weighted by Crippen LogP contribution is -2.33. The average molecular weight is 497 g/mol. The van der Waals surface area contributed by atoms with E-state index >= 15 is 0 Å². The fourth-order valence-corrected chi connectivity index (χ4v) is 5.47. The fraction of sp³-hybridized carbons (Fsp3) is 0.312. The van der Waals surface area contributed by atoms with Gasteiger partial charge in [-0.15, -0.1) is 0 Å². The topological polar surface area (TPSA) is 56.2 Å². The van der Waals surface area contributed by atoms with Crippen LogP contribution in [0.3, 0.4) is 0 Å². The minimum atomic E-state index is -0.0283. The van der Waals surface area contributed by atoms with Crippen molar-refractivity contribution in [1.82, 2.24) is 9.80 Å². The molecule has 192 valence electrons. The first-order chi connectivity index (χ1) is 18.0. The van der Waals surface area contributed by atoms with E-state index in [4.69, 9.17) is 4.74 Å². The maximum atomic E-state index is 10.1. The monoisotopic (exact) mass is 496 g/mol. The summed E-state index contributed by atoms with van der Waals surface area (Å²) in [6, 6.07) is 25.5. The number of hydrogen-bond acceptors (Lipinski definition) is 5. The zero-order valence-corrected chi connectivity index (χ0v) is 21.7. The number of likely N-dealkylation sites (tertiary alicyclic amines) is 1. The van der Waals surface area contributed by atoms with Crippen LogP contribution in [0.25, 0.3) is 21.9 Å². The van der Waals surface area contributed by atoms with E-state index in [1.54, 1.807) is 18.2 Å². The molecule has 1 atom stereocenters. The van der Waals surface area contributed by atoms with Crippen LogP contribution in [0.5, 0.6) is 17.2 Å². The predicted molar refractivity (Wildman–Crippen MR) is 150 cm³/mol. The molecule has 4 aromatic carbocycles. The van der Waals surface area contributed by atoms with Gasteiger partial charge in [-0.1, -0.05) is 48.9 Å². The van der Waals surface area contributed by atoms with Crippen LogP contribution in [0, 0.1) is 0 Å². The highest BCUT2D eigenvalue weighted by atomic mass is 16.5. The normalized spacial score (nSPS) is 15.2. The predicted octanol–water partition coefficient (Wildman–Crippen LogP) is 6.43. The average Bonchev–Trinajstić information content (AvgIpc) is 2.91. The first kappa shape index (κ1) is 25.1. The highest BCUT2D eigenvalue weighted by Gasteiger charge is 2.23. The van der Waals surface area contributed by atoms with Gasteiger partial charge < -0.3 is 14.9 Å². The van der Waals surface area contributed by atoms with Gasteiger partial charge in [0.05, 0.1) is 6.04 Å². The quantitative estimate of drug-likeness (QED) is 0.294. The first-order valence-electron chi connectivity index (χ1n) is 13.2. The van der Waals surface area contributed by atoms with Crippen molar-refractivity contribution >= 4 is 10.8 Å². The number of rotatable bonds is 8. The van der Waals surface area contributed by atoms with Gasteiger partial charge in [-0.2, -0.15) is 0 Å². The molecule has 5 rings (SSSR count). The third-order valence-electron chi connectivity index (χ3n) is 7.33. The maximum Gasteiger partial charge on any atom is 0.119 e. The molecule has 0 bridgehead atoms. The fourth-order valence-electron chi connectivity index (χ4n) is 5.47. The molecule has 2 N–H and O–H groups in total. The number of phenols is 2. The second-order valence-electron chi connectivity index (χ2n) is 10.2. The zero-order chi connectivity index (χ0) is 25.8. The van der Waals surface area contributed by atoms with Crippen molar-refractivity contribution in [3.63, 3.8) is 0 Å². The molecule has 0 aliphatic carbocycles. The van der Waals surface area contributed by atoms with Gasteiger partial charge in [0.15, 0.2) is 0 Å². The summed E-state index contributed by atoms with van der Waals surface area (Å²) in [5, 5.41) is 22.1. The van der Waals surface area contributed by atoms with Gasteiger partial charge in [0.1, 0.15) is 23.9 Å². The Balaban J connectivity index is 1.48. The highest BCUT2D eigenvalue weighted by Crippen LogP contribution is 2.41. The summed E-state index contributed by atoms with van der Waals surface area (Å²) < 4.78 is 6.09. The summed E-state index contributed by atoms with van der Waals surface area (Å²) in [5.41, 5.74) is 4.45. The molecular formula is C32H36N2O3. The smallest absolute Gasteiger partial charge is 0.119 e. The first-order valence-corrected chi connectivity index (χ1v) is 13.2. The molecule has 0 saturated carbocycles. The Morgan fingerprint density at radius 3 is 2.22 bits per heavy atom. The number of hydrogen-bond donors (Lipinski definition) is 2. The van der Waals surface area contributed by atoms with Crippen LogP contribution in [-0.4, -0.2) is 60.3 Å². The molecule has 5 heteroatoms. The Bertz CT molecular complexity index is 1330. The molecular weight excluding hydrogens is 460 g/mol. The van der Waals surface area contributed by atoms with Crippen molar-refractivity contribution in [2.24, 2.45) is 0 Å². The molecule has 1 fully saturated rings. The Hall–Kier alpha value is -3.54. The van der Waals surface area contributed by atoms with E-state index in [0.29, 0.717) is 6.61 Å². The molecule has 1 saturated heterocycles. The number of aromatic hydroxyl groups is 2. The second-order valence-corrected chi connectivity index (χ2v) is 10.2. The van der Waals surface area contributed by atoms with E-state index in [2.05, 4.69) is 54.2 Å². The molecule has 37 heavy (non-hydrogen) atoms. The van der Waals surface area contributed by atoms with Gasteiger partial charge in [-0.3, -0.25) is 9.80 Å². The summed E-state index contributed by atoms with van der Waals surface area (Å²) >= 11 is 0. The van der Waals surface area contributed by atoms with Crippen LogP contribution in [0.2, 0.25) is 0 Å². The van der Waals surface area contributed by atoms with Gasteiger partial charge in [0, 0.05) is 6.54 Å². The third-order valence-corrected chi connectivity index (χ3v) is 7.33.